The molecule has 7 heteroatoms. The Hall–Kier alpha value is -4.00. The number of aryl methyl sites for hydroxylation is 1. The van der Waals surface area contributed by atoms with E-state index in [1.54, 1.807) is 67.7 Å². The summed E-state index contributed by atoms with van der Waals surface area (Å²) >= 11 is 0. The summed E-state index contributed by atoms with van der Waals surface area (Å²) < 4.78 is 12.8. The summed E-state index contributed by atoms with van der Waals surface area (Å²) in [4.78, 5) is 28.4. The number of nitrogens with zero attached hydrogens (tertiary/aromatic N) is 3. The number of carbonyl (C=O) groups excluding carboxylic acids is 2. The van der Waals surface area contributed by atoms with E-state index >= 15 is 0 Å². The molecule has 0 fully saturated rings. The summed E-state index contributed by atoms with van der Waals surface area (Å²) in [6.07, 6.45) is 9.17. The molecular formula is C24H23N3O4. The summed E-state index contributed by atoms with van der Waals surface area (Å²) in [5, 5.41) is 4.02. The van der Waals surface area contributed by atoms with Crippen LogP contribution in [-0.4, -0.2) is 33.4 Å². The lowest BCUT2D eigenvalue weighted by Crippen LogP contribution is -2.02. The first kappa shape index (κ1) is 21.7. The average molecular weight is 417 g/mol. The second-order valence-corrected chi connectivity index (χ2v) is 6.67. The Morgan fingerprint density at radius 3 is 2.52 bits per heavy atom. The third-order valence-corrected chi connectivity index (χ3v) is 4.41. The number of ether oxygens (including phenoxy) is 2. The predicted octanol–water partition coefficient (Wildman–Crippen LogP) is 3.66. The van der Waals surface area contributed by atoms with Crippen LogP contribution in [0.3, 0.4) is 0 Å². The molecule has 0 bridgehead atoms. The van der Waals surface area contributed by atoms with Gasteiger partial charge < -0.3 is 9.47 Å². The van der Waals surface area contributed by atoms with E-state index in [1.807, 2.05) is 18.2 Å². The van der Waals surface area contributed by atoms with E-state index in [0.717, 1.165) is 11.4 Å². The Kier molecular flexibility index (Phi) is 7.48. The third kappa shape index (κ3) is 6.50. The van der Waals surface area contributed by atoms with Gasteiger partial charge in [-0.2, -0.15) is 5.10 Å². The monoisotopic (exact) mass is 417 g/mol. The molecular weight excluding hydrogens is 394 g/mol. The zero-order chi connectivity index (χ0) is 22.1. The van der Waals surface area contributed by atoms with Crippen LogP contribution < -0.4 is 9.47 Å². The molecule has 31 heavy (non-hydrogen) atoms. The van der Waals surface area contributed by atoms with Gasteiger partial charge >= 0.3 is 0 Å². The van der Waals surface area contributed by atoms with Crippen LogP contribution in [0.2, 0.25) is 0 Å². The maximum absolute atomic E-state index is 12.1. The lowest BCUT2D eigenvalue weighted by Gasteiger charge is -2.09. The molecule has 0 aliphatic heterocycles. The molecule has 7 nitrogen and oxygen atoms in total. The standard InChI is InChI=1S/C24H23N3O4/c1-27-20(12-14-26-27)8-10-22(29)15-21(28)9-6-18-7-11-23(16-24(18)30-2)31-17-19-5-3-4-13-25-19/h3-14,16H,15,17H2,1-2H3. The molecule has 2 aromatic heterocycles. The van der Waals surface area contributed by atoms with Crippen LogP contribution >= 0.6 is 0 Å². The molecule has 3 rings (SSSR count). The van der Waals surface area contributed by atoms with Crippen molar-refractivity contribution >= 4 is 23.7 Å². The van der Waals surface area contributed by atoms with Crippen molar-refractivity contribution in [3.8, 4) is 11.5 Å². The fourth-order valence-electron chi connectivity index (χ4n) is 2.76. The molecule has 0 atom stereocenters. The SMILES string of the molecule is COc1cc(OCc2ccccn2)ccc1C=CC(=O)CC(=O)C=Cc1ccnn1C. The van der Waals surface area contributed by atoms with E-state index in [9.17, 15) is 9.59 Å². The second-order valence-electron chi connectivity index (χ2n) is 6.67. The molecule has 0 saturated carbocycles. The first-order valence-electron chi connectivity index (χ1n) is 9.65. The van der Waals surface area contributed by atoms with Gasteiger partial charge in [0.05, 0.1) is 24.9 Å². The summed E-state index contributed by atoms with van der Waals surface area (Å²) in [7, 11) is 3.32. The van der Waals surface area contributed by atoms with Crippen molar-refractivity contribution < 1.29 is 19.1 Å². The lowest BCUT2D eigenvalue weighted by molar-refractivity contribution is -0.121. The van der Waals surface area contributed by atoms with E-state index in [1.165, 1.54) is 12.2 Å². The normalized spacial score (nSPS) is 11.2. The van der Waals surface area contributed by atoms with Crippen LogP contribution in [0.25, 0.3) is 12.2 Å². The molecule has 3 aromatic rings. The number of hydrogen-bond donors (Lipinski definition) is 0. The molecule has 2 heterocycles. The second kappa shape index (κ2) is 10.7. The lowest BCUT2D eigenvalue weighted by atomic mass is 10.1. The number of allylic oxidation sites excluding steroid dienone is 2. The van der Waals surface area contributed by atoms with Crippen molar-refractivity contribution in [3.05, 3.63) is 84.0 Å². The van der Waals surface area contributed by atoms with E-state index in [0.29, 0.717) is 23.7 Å². The van der Waals surface area contributed by atoms with Gasteiger partial charge in [0, 0.05) is 31.1 Å². The van der Waals surface area contributed by atoms with Crippen molar-refractivity contribution in [2.24, 2.45) is 7.05 Å². The van der Waals surface area contributed by atoms with Gasteiger partial charge in [-0.15, -0.1) is 0 Å². The predicted molar refractivity (Wildman–Crippen MR) is 117 cm³/mol. The molecule has 0 unspecified atom stereocenters. The Morgan fingerprint density at radius 1 is 1.03 bits per heavy atom. The number of hydrogen-bond acceptors (Lipinski definition) is 6. The fraction of sp³-hybridized carbons (Fsp3) is 0.167. The average Bonchev–Trinajstić information content (AvgIpc) is 3.20. The number of pyridine rings is 1. The van der Waals surface area contributed by atoms with Crippen molar-refractivity contribution in [1.82, 2.24) is 14.8 Å². The first-order valence-corrected chi connectivity index (χ1v) is 9.65. The molecule has 0 amide bonds. The van der Waals surface area contributed by atoms with Crippen molar-refractivity contribution in [3.63, 3.8) is 0 Å². The zero-order valence-corrected chi connectivity index (χ0v) is 17.4. The van der Waals surface area contributed by atoms with Crippen molar-refractivity contribution in [2.75, 3.05) is 7.11 Å². The molecule has 0 spiro atoms. The van der Waals surface area contributed by atoms with E-state index in [4.69, 9.17) is 9.47 Å². The van der Waals surface area contributed by atoms with Gasteiger partial charge in [-0.05, 0) is 54.6 Å². The molecule has 1 aromatic carbocycles. The highest BCUT2D eigenvalue weighted by Gasteiger charge is 2.07. The summed E-state index contributed by atoms with van der Waals surface area (Å²) in [6, 6.07) is 12.7. The van der Waals surface area contributed by atoms with Crippen LogP contribution in [0.1, 0.15) is 23.4 Å². The summed E-state index contributed by atoms with van der Waals surface area (Å²) in [5.74, 6) is 0.615. The van der Waals surface area contributed by atoms with Gasteiger partial charge in [-0.1, -0.05) is 6.07 Å². The van der Waals surface area contributed by atoms with Crippen LogP contribution in [0, 0.1) is 0 Å². The molecule has 158 valence electrons. The first-order chi connectivity index (χ1) is 15.0. The van der Waals surface area contributed by atoms with Crippen LogP contribution in [0.5, 0.6) is 11.5 Å². The van der Waals surface area contributed by atoms with Gasteiger partial charge in [-0.3, -0.25) is 19.3 Å². The number of methoxy groups -OCH3 is 1. The smallest absolute Gasteiger partial charge is 0.163 e. The van der Waals surface area contributed by atoms with Crippen LogP contribution in [0.4, 0.5) is 0 Å². The Bertz CT molecular complexity index is 1100. The molecule has 0 N–H and O–H groups in total. The Morgan fingerprint density at radius 2 is 1.84 bits per heavy atom. The zero-order valence-electron chi connectivity index (χ0n) is 17.4. The summed E-state index contributed by atoms with van der Waals surface area (Å²) in [5.41, 5.74) is 2.31. The summed E-state index contributed by atoms with van der Waals surface area (Å²) in [6.45, 7) is 0.339. The van der Waals surface area contributed by atoms with Gasteiger partial charge in [0.2, 0.25) is 0 Å². The van der Waals surface area contributed by atoms with Crippen molar-refractivity contribution in [1.29, 1.82) is 0 Å². The van der Waals surface area contributed by atoms with Crippen molar-refractivity contribution in [2.45, 2.75) is 13.0 Å². The molecule has 0 aliphatic rings. The maximum atomic E-state index is 12.1. The number of rotatable bonds is 10. The highest BCUT2D eigenvalue weighted by Crippen LogP contribution is 2.26. The third-order valence-electron chi connectivity index (χ3n) is 4.41. The quantitative estimate of drug-likeness (QED) is 0.370. The minimum atomic E-state index is -0.294. The highest BCUT2D eigenvalue weighted by molar-refractivity contribution is 6.10. The van der Waals surface area contributed by atoms with Crippen LogP contribution in [0.15, 0.2) is 67.0 Å². The fourth-order valence-corrected chi connectivity index (χ4v) is 2.76. The van der Waals surface area contributed by atoms with Gasteiger partial charge in [0.25, 0.3) is 0 Å². The largest absolute Gasteiger partial charge is 0.496 e. The molecule has 0 radical (unpaired) electrons. The van der Waals surface area contributed by atoms with E-state index in [2.05, 4.69) is 10.1 Å². The number of benzene rings is 1. The van der Waals surface area contributed by atoms with Gasteiger partial charge in [0.15, 0.2) is 11.6 Å². The van der Waals surface area contributed by atoms with Gasteiger partial charge in [-0.25, -0.2) is 0 Å². The number of aromatic nitrogens is 3. The minimum Gasteiger partial charge on any atom is -0.496 e. The highest BCUT2D eigenvalue weighted by atomic mass is 16.5. The topological polar surface area (TPSA) is 83.3 Å². The number of ketones is 2. The molecule has 0 aliphatic carbocycles. The van der Waals surface area contributed by atoms with E-state index < -0.39 is 0 Å². The Labute approximate surface area is 180 Å². The maximum Gasteiger partial charge on any atom is 0.163 e. The van der Waals surface area contributed by atoms with Gasteiger partial charge in [0.1, 0.15) is 18.1 Å². The Balaban J connectivity index is 1.57. The van der Waals surface area contributed by atoms with Crippen LogP contribution in [-0.2, 0) is 23.2 Å². The molecule has 0 saturated heterocycles. The van der Waals surface area contributed by atoms with E-state index in [-0.39, 0.29) is 18.0 Å². The minimum absolute atomic E-state index is 0.210. The number of carbonyl (C=O) groups is 2.